The summed E-state index contributed by atoms with van der Waals surface area (Å²) >= 11 is 1.91. The molecule has 1 atom stereocenters. The molecule has 4 nitrogen and oxygen atoms in total. The highest BCUT2D eigenvalue weighted by molar-refractivity contribution is 7.99. The molecule has 0 radical (unpaired) electrons. The maximum absolute atomic E-state index is 12.2. The van der Waals surface area contributed by atoms with Crippen LogP contribution < -0.4 is 5.73 Å². The van der Waals surface area contributed by atoms with Gasteiger partial charge in [0, 0.05) is 29.8 Å². The molecule has 5 heteroatoms. The number of likely N-dealkylation sites (tertiary alicyclic amines) is 1. The molecule has 0 spiro atoms. The van der Waals surface area contributed by atoms with Crippen LogP contribution >= 0.6 is 11.8 Å². The second-order valence-corrected chi connectivity index (χ2v) is 8.03. The number of rotatable bonds is 3. The third kappa shape index (κ3) is 5.44. The van der Waals surface area contributed by atoms with Gasteiger partial charge in [0.2, 0.25) is 0 Å². The van der Waals surface area contributed by atoms with Gasteiger partial charge in [0.05, 0.1) is 0 Å². The summed E-state index contributed by atoms with van der Waals surface area (Å²) in [4.78, 5) is 14.0. The number of anilines is 1. The van der Waals surface area contributed by atoms with E-state index in [4.69, 9.17) is 10.5 Å². The number of benzene rings is 1. The van der Waals surface area contributed by atoms with Crippen LogP contribution in [0.25, 0.3) is 0 Å². The van der Waals surface area contributed by atoms with Crippen LogP contribution in [0.15, 0.2) is 24.3 Å². The van der Waals surface area contributed by atoms with Gasteiger partial charge in [0.1, 0.15) is 5.60 Å². The Kier molecular flexibility index (Phi) is 5.62. The molecule has 1 aliphatic heterocycles. The number of piperidine rings is 1. The molecular weight excluding hydrogens is 296 g/mol. The van der Waals surface area contributed by atoms with Gasteiger partial charge in [-0.15, -0.1) is 0 Å². The van der Waals surface area contributed by atoms with Crippen LogP contribution in [-0.4, -0.2) is 34.9 Å². The van der Waals surface area contributed by atoms with E-state index >= 15 is 0 Å². The molecule has 0 saturated carbocycles. The molecule has 1 aromatic rings. The first-order valence-electron chi connectivity index (χ1n) is 7.77. The summed E-state index contributed by atoms with van der Waals surface area (Å²) < 4.78 is 5.47. The molecule has 0 aliphatic carbocycles. The minimum Gasteiger partial charge on any atom is -0.444 e. The number of carbonyl (C=O) groups excluding carboxylic acids is 1. The Bertz CT molecular complexity index is 496. The van der Waals surface area contributed by atoms with Crippen molar-refractivity contribution in [3.05, 3.63) is 29.8 Å². The Hall–Kier alpha value is -1.36. The van der Waals surface area contributed by atoms with Crippen molar-refractivity contribution in [2.45, 2.75) is 50.2 Å². The number of nitrogens with two attached hydrogens (primary N) is 1. The summed E-state index contributed by atoms with van der Waals surface area (Å²) in [5, 5.41) is 0.471. The van der Waals surface area contributed by atoms with Crippen LogP contribution in [0.1, 0.15) is 39.2 Å². The molecule has 2 rings (SSSR count). The SMILES string of the molecule is CC(C)(C)OC(=O)N1CCCC(SCc2ccc(N)cc2)C1. The van der Waals surface area contributed by atoms with E-state index in [0.29, 0.717) is 5.25 Å². The normalized spacial score (nSPS) is 19.0. The van der Waals surface area contributed by atoms with Gasteiger partial charge in [-0.3, -0.25) is 0 Å². The molecule has 1 unspecified atom stereocenters. The van der Waals surface area contributed by atoms with Crippen molar-refractivity contribution >= 4 is 23.5 Å². The molecule has 1 saturated heterocycles. The van der Waals surface area contributed by atoms with Crippen molar-refractivity contribution in [2.75, 3.05) is 18.8 Å². The highest BCUT2D eigenvalue weighted by Crippen LogP contribution is 2.27. The van der Waals surface area contributed by atoms with Crippen molar-refractivity contribution in [2.24, 2.45) is 0 Å². The van der Waals surface area contributed by atoms with Gasteiger partial charge in [-0.1, -0.05) is 12.1 Å². The molecule has 1 aliphatic rings. The first kappa shape index (κ1) is 17.0. The third-order valence-electron chi connectivity index (χ3n) is 3.50. The van der Waals surface area contributed by atoms with Crippen molar-refractivity contribution in [3.63, 3.8) is 0 Å². The Labute approximate surface area is 137 Å². The van der Waals surface area contributed by atoms with E-state index in [9.17, 15) is 4.79 Å². The second-order valence-electron chi connectivity index (χ2n) is 6.74. The van der Waals surface area contributed by atoms with Gasteiger partial charge in [-0.25, -0.2) is 4.79 Å². The maximum atomic E-state index is 12.2. The van der Waals surface area contributed by atoms with Crippen LogP contribution in [0, 0.1) is 0 Å². The molecule has 22 heavy (non-hydrogen) atoms. The van der Waals surface area contributed by atoms with Gasteiger partial charge >= 0.3 is 6.09 Å². The molecule has 122 valence electrons. The zero-order valence-corrected chi connectivity index (χ0v) is 14.5. The second kappa shape index (κ2) is 7.27. The average molecular weight is 322 g/mol. The molecule has 0 bridgehead atoms. The monoisotopic (exact) mass is 322 g/mol. The minimum absolute atomic E-state index is 0.190. The number of thioether (sulfide) groups is 1. The quantitative estimate of drug-likeness (QED) is 0.858. The lowest BCUT2D eigenvalue weighted by Crippen LogP contribution is -2.43. The predicted molar refractivity (Wildman–Crippen MR) is 93.0 cm³/mol. The Balaban J connectivity index is 1.82. The van der Waals surface area contributed by atoms with Gasteiger partial charge in [-0.05, 0) is 51.3 Å². The maximum Gasteiger partial charge on any atom is 0.410 e. The number of carbonyl (C=O) groups is 1. The fraction of sp³-hybridized carbons (Fsp3) is 0.588. The van der Waals surface area contributed by atoms with Crippen LogP contribution in [0.2, 0.25) is 0 Å². The number of nitrogen functional groups attached to an aromatic ring is 1. The first-order valence-corrected chi connectivity index (χ1v) is 8.82. The van der Waals surface area contributed by atoms with E-state index in [0.717, 1.165) is 37.4 Å². The van der Waals surface area contributed by atoms with E-state index in [1.807, 2.05) is 49.6 Å². The average Bonchev–Trinajstić information content (AvgIpc) is 2.45. The van der Waals surface area contributed by atoms with E-state index in [1.54, 1.807) is 0 Å². The number of ether oxygens (including phenoxy) is 1. The fourth-order valence-electron chi connectivity index (χ4n) is 2.39. The Morgan fingerprint density at radius 2 is 2.05 bits per heavy atom. The molecule has 1 fully saturated rings. The first-order chi connectivity index (χ1) is 10.3. The highest BCUT2D eigenvalue weighted by Gasteiger charge is 2.27. The van der Waals surface area contributed by atoms with Crippen molar-refractivity contribution in [3.8, 4) is 0 Å². The number of hydrogen-bond acceptors (Lipinski definition) is 4. The van der Waals surface area contributed by atoms with Gasteiger partial charge in [0.15, 0.2) is 0 Å². The van der Waals surface area contributed by atoms with E-state index < -0.39 is 5.60 Å². The van der Waals surface area contributed by atoms with Crippen LogP contribution in [0.4, 0.5) is 10.5 Å². The Morgan fingerprint density at radius 3 is 2.68 bits per heavy atom. The summed E-state index contributed by atoms with van der Waals surface area (Å²) in [6.45, 7) is 7.29. The van der Waals surface area contributed by atoms with Crippen molar-refractivity contribution in [1.29, 1.82) is 0 Å². The lowest BCUT2D eigenvalue weighted by Gasteiger charge is -2.33. The smallest absolute Gasteiger partial charge is 0.410 e. The van der Waals surface area contributed by atoms with Crippen molar-refractivity contribution in [1.82, 2.24) is 4.90 Å². The number of nitrogens with zero attached hydrogens (tertiary/aromatic N) is 1. The molecule has 1 heterocycles. The van der Waals surface area contributed by atoms with Crippen LogP contribution in [0.3, 0.4) is 0 Å². The largest absolute Gasteiger partial charge is 0.444 e. The van der Waals surface area contributed by atoms with Gasteiger partial charge in [0.25, 0.3) is 0 Å². The molecular formula is C17H26N2O2S. The summed E-state index contributed by atoms with van der Waals surface area (Å²) in [5.41, 5.74) is 7.34. The summed E-state index contributed by atoms with van der Waals surface area (Å²) in [6, 6.07) is 8.00. The lowest BCUT2D eigenvalue weighted by atomic mass is 10.1. The summed E-state index contributed by atoms with van der Waals surface area (Å²) in [6.07, 6.45) is 2.00. The standard InChI is InChI=1S/C17H26N2O2S/c1-17(2,3)21-16(20)19-10-4-5-15(11-19)22-12-13-6-8-14(18)9-7-13/h6-9,15H,4-5,10-12,18H2,1-3H3. The van der Waals surface area contributed by atoms with Gasteiger partial charge in [-0.2, -0.15) is 11.8 Å². The molecule has 1 aromatic carbocycles. The molecule has 1 amide bonds. The highest BCUT2D eigenvalue weighted by atomic mass is 32.2. The van der Waals surface area contributed by atoms with Crippen LogP contribution in [0.5, 0.6) is 0 Å². The minimum atomic E-state index is -0.429. The van der Waals surface area contributed by atoms with Gasteiger partial charge < -0.3 is 15.4 Å². The number of amides is 1. The Morgan fingerprint density at radius 1 is 1.36 bits per heavy atom. The topological polar surface area (TPSA) is 55.6 Å². The summed E-state index contributed by atoms with van der Waals surface area (Å²) in [5.74, 6) is 0.951. The third-order valence-corrected chi connectivity index (χ3v) is 4.85. The van der Waals surface area contributed by atoms with Crippen LogP contribution in [-0.2, 0) is 10.5 Å². The lowest BCUT2D eigenvalue weighted by molar-refractivity contribution is 0.0220. The van der Waals surface area contributed by atoms with Crippen molar-refractivity contribution < 1.29 is 9.53 Å². The fourth-order valence-corrected chi connectivity index (χ4v) is 3.63. The molecule has 2 N–H and O–H groups in total. The zero-order chi connectivity index (χ0) is 16.2. The molecule has 0 aromatic heterocycles. The van der Waals surface area contributed by atoms with E-state index in [-0.39, 0.29) is 6.09 Å². The van der Waals surface area contributed by atoms with E-state index in [1.165, 1.54) is 5.56 Å². The van der Waals surface area contributed by atoms with E-state index in [2.05, 4.69) is 12.1 Å². The predicted octanol–water partition coefficient (Wildman–Crippen LogP) is 3.90. The number of hydrogen-bond donors (Lipinski definition) is 1. The summed E-state index contributed by atoms with van der Waals surface area (Å²) in [7, 11) is 0. The zero-order valence-electron chi connectivity index (χ0n) is 13.7.